The molecule has 8 nitrogen and oxygen atoms in total. The Labute approximate surface area is 318 Å². The number of hydrogen-bond acceptors (Lipinski definition) is 5. The van der Waals surface area contributed by atoms with Crippen molar-refractivity contribution in [3.8, 4) is 0 Å². The molecule has 53 heavy (non-hydrogen) atoms. The van der Waals surface area contributed by atoms with Gasteiger partial charge in [0.15, 0.2) is 9.84 Å². The molecule has 1 heterocycles. The molecule has 3 N–H and O–H groups in total. The third-order valence-corrected chi connectivity index (χ3v) is 18.6. The lowest BCUT2D eigenvalue weighted by Crippen LogP contribution is -2.66. The van der Waals surface area contributed by atoms with E-state index in [0.29, 0.717) is 67.9 Å². The Hall–Kier alpha value is -2.65. The van der Waals surface area contributed by atoms with Crippen molar-refractivity contribution in [2.45, 2.75) is 99.3 Å². The highest BCUT2D eigenvalue weighted by Crippen LogP contribution is 2.77. The lowest BCUT2D eigenvalue weighted by molar-refractivity contribution is -0.224. The molecular weight excluding hydrogens is 683 g/mol. The monoisotopic (exact) mass is 747 g/mol. The molecule has 1 aromatic carbocycles. The van der Waals surface area contributed by atoms with Gasteiger partial charge in [-0.15, -0.1) is 0 Å². The average Bonchev–Trinajstić information content (AvgIpc) is 3.49. The summed E-state index contributed by atoms with van der Waals surface area (Å²) in [6.07, 6.45) is 13.1. The van der Waals surface area contributed by atoms with Gasteiger partial charge in [-0.3, -0.25) is 4.90 Å². The van der Waals surface area contributed by atoms with Crippen LogP contribution in [0.1, 0.15) is 115 Å². The summed E-state index contributed by atoms with van der Waals surface area (Å²) in [5, 5.41) is 15.9. The molecule has 0 spiro atoms. The molecular formula is C44H65N3O5S. The highest BCUT2D eigenvalue weighted by atomic mass is 32.2. The minimum Gasteiger partial charge on any atom is -0.478 e. The van der Waals surface area contributed by atoms with Gasteiger partial charge in [0.25, 0.3) is 0 Å². The van der Waals surface area contributed by atoms with Crippen LogP contribution in [-0.4, -0.2) is 74.7 Å². The molecule has 9 heteroatoms. The number of allylic oxidation sites excluding steroid dienone is 3. The van der Waals surface area contributed by atoms with Gasteiger partial charge in [0.2, 0.25) is 0 Å². The maximum absolute atomic E-state index is 13.2. The van der Waals surface area contributed by atoms with Crippen molar-refractivity contribution in [3.05, 3.63) is 53.6 Å². The highest BCUT2D eigenvalue weighted by Gasteiger charge is 2.70. The largest absolute Gasteiger partial charge is 0.478 e. The normalized spacial score (nSPS) is 40.0. The van der Waals surface area contributed by atoms with Gasteiger partial charge in [-0.1, -0.05) is 65.0 Å². The Morgan fingerprint density at radius 3 is 2.25 bits per heavy atom. The Kier molecular flexibility index (Phi) is 9.86. The summed E-state index contributed by atoms with van der Waals surface area (Å²) in [5.41, 5.74) is 4.85. The molecule has 0 radical (unpaired) electrons. The second-order valence-corrected chi connectivity index (χ2v) is 21.9. The fraction of sp³-hybridized carbons (Fsp3) is 0.727. The van der Waals surface area contributed by atoms with Gasteiger partial charge in [0.1, 0.15) is 0 Å². The number of urea groups is 1. The van der Waals surface area contributed by atoms with Crippen LogP contribution in [0.25, 0.3) is 5.57 Å². The van der Waals surface area contributed by atoms with Crippen LogP contribution in [0.3, 0.4) is 0 Å². The van der Waals surface area contributed by atoms with Gasteiger partial charge >= 0.3 is 12.0 Å². The number of carboxylic acid groups (broad SMARTS) is 1. The lowest BCUT2D eigenvalue weighted by atomic mass is 9.32. The molecule has 0 aromatic heterocycles. The number of rotatable bonds is 8. The van der Waals surface area contributed by atoms with E-state index in [1.54, 1.807) is 12.1 Å². The first-order valence-electron chi connectivity index (χ1n) is 20.5. The van der Waals surface area contributed by atoms with Gasteiger partial charge in [-0.2, -0.15) is 0 Å². The van der Waals surface area contributed by atoms with Crippen LogP contribution in [0.5, 0.6) is 0 Å². The summed E-state index contributed by atoms with van der Waals surface area (Å²) in [7, 11) is -2.91. The molecule has 5 aliphatic carbocycles. The van der Waals surface area contributed by atoms with Crippen LogP contribution in [0.15, 0.2) is 42.5 Å². The van der Waals surface area contributed by atoms with Crippen molar-refractivity contribution < 1.29 is 23.1 Å². The number of nitrogens with one attached hydrogen (secondary N) is 2. The number of hydrogen-bond donors (Lipinski definition) is 3. The van der Waals surface area contributed by atoms with E-state index in [1.807, 2.05) is 12.1 Å². The number of carbonyl (C=O) groups excluding carboxylic acids is 1. The first kappa shape index (κ1) is 38.6. The molecule has 7 rings (SSSR count). The van der Waals surface area contributed by atoms with Crippen molar-refractivity contribution in [1.82, 2.24) is 15.5 Å². The van der Waals surface area contributed by atoms with Gasteiger partial charge in [-0.25, -0.2) is 18.0 Å². The van der Waals surface area contributed by atoms with E-state index in [1.165, 1.54) is 43.3 Å². The number of sulfone groups is 1. The first-order valence-corrected chi connectivity index (χ1v) is 22.3. The molecule has 1 saturated heterocycles. The zero-order valence-corrected chi connectivity index (χ0v) is 34.0. The van der Waals surface area contributed by atoms with Crippen LogP contribution < -0.4 is 10.6 Å². The van der Waals surface area contributed by atoms with Crippen molar-refractivity contribution in [3.63, 3.8) is 0 Å². The summed E-state index contributed by atoms with van der Waals surface area (Å²) in [6, 6.07) is 7.42. The number of benzene rings is 1. The van der Waals surface area contributed by atoms with E-state index in [0.717, 1.165) is 31.2 Å². The summed E-state index contributed by atoms with van der Waals surface area (Å²) in [5.74, 6) is 2.30. The molecule has 4 saturated carbocycles. The number of aromatic carboxylic acids is 1. The van der Waals surface area contributed by atoms with Gasteiger partial charge in [0, 0.05) is 32.7 Å². The van der Waals surface area contributed by atoms with E-state index < -0.39 is 15.8 Å². The number of nitrogens with zero attached hydrogens (tertiary/aromatic N) is 1. The Balaban J connectivity index is 1.08. The molecule has 0 unspecified atom stereocenters. The van der Waals surface area contributed by atoms with Crippen LogP contribution in [-0.2, 0) is 9.84 Å². The number of carboxylic acids is 1. The van der Waals surface area contributed by atoms with Gasteiger partial charge < -0.3 is 15.7 Å². The quantitative estimate of drug-likeness (QED) is 0.232. The van der Waals surface area contributed by atoms with Crippen molar-refractivity contribution >= 4 is 27.4 Å². The zero-order chi connectivity index (χ0) is 38.2. The smallest absolute Gasteiger partial charge is 0.335 e. The van der Waals surface area contributed by atoms with Gasteiger partial charge in [-0.05, 0) is 145 Å². The fourth-order valence-electron chi connectivity index (χ4n) is 14.1. The van der Waals surface area contributed by atoms with Crippen molar-refractivity contribution in [2.75, 3.05) is 44.2 Å². The maximum atomic E-state index is 13.2. The van der Waals surface area contributed by atoms with E-state index >= 15 is 0 Å². The molecule has 5 fully saturated rings. The summed E-state index contributed by atoms with van der Waals surface area (Å²) < 4.78 is 23.6. The van der Waals surface area contributed by atoms with Crippen LogP contribution in [0.4, 0.5) is 4.79 Å². The summed E-state index contributed by atoms with van der Waals surface area (Å²) in [6.45, 7) is 22.6. The van der Waals surface area contributed by atoms with Crippen LogP contribution in [0.2, 0.25) is 0 Å². The Bertz CT molecular complexity index is 1760. The minimum absolute atomic E-state index is 0.0181. The van der Waals surface area contributed by atoms with E-state index in [9.17, 15) is 23.1 Å². The first-order chi connectivity index (χ1) is 24.9. The molecule has 6 aliphatic rings. The second kappa shape index (κ2) is 13.5. The topological polar surface area (TPSA) is 116 Å². The molecule has 1 aliphatic heterocycles. The van der Waals surface area contributed by atoms with Crippen LogP contribution in [0, 0.1) is 56.7 Å². The van der Waals surface area contributed by atoms with E-state index in [4.69, 9.17) is 0 Å². The average molecular weight is 748 g/mol. The third kappa shape index (κ3) is 6.32. The Morgan fingerprint density at radius 1 is 0.887 bits per heavy atom. The SMILES string of the molecule is C=C(C)[C@@H]1CC[C@]2(CNC(=O)NCCN3CCS(=O)(=O)CC3)CC[C@]3(C)[C@H](CC[C@@H]4[C@@]5(C)CC=C(c6ccc(C(=O)O)cc6)C(C)(C)[C@@H]5CC[C@]43C)[C@@H]12. The van der Waals surface area contributed by atoms with Crippen molar-refractivity contribution in [1.29, 1.82) is 0 Å². The summed E-state index contributed by atoms with van der Waals surface area (Å²) in [4.78, 5) is 26.9. The predicted molar refractivity (Wildman–Crippen MR) is 212 cm³/mol. The maximum Gasteiger partial charge on any atom is 0.335 e. The Morgan fingerprint density at radius 2 is 1.58 bits per heavy atom. The minimum atomic E-state index is -2.91. The highest BCUT2D eigenvalue weighted by molar-refractivity contribution is 7.91. The molecule has 2 amide bonds. The standard InChI is InChI=1S/C44H65N3O5S/c1-29(2)32-14-19-44(28-46-39(50)45-22-23-47-24-26-53(51,52)27-25-47)21-20-42(6)34(37(32)44)12-13-36-41(5)17-15-33(30-8-10-31(11-9-30)38(48)49)40(3,4)35(41)16-18-43(36,42)7/h8-11,15,32,34-37H,1,12-14,16-28H2,2-7H3,(H,48,49)(H2,45,46,50)/t32-,34+,35-,36+,37+,41-,42+,43+,44+/m0/s1. The number of fused-ring (bicyclic) bond motifs is 7. The summed E-state index contributed by atoms with van der Waals surface area (Å²) >= 11 is 0. The number of amides is 2. The number of carbonyl (C=O) groups is 2. The molecule has 292 valence electrons. The van der Waals surface area contributed by atoms with E-state index in [-0.39, 0.29) is 44.6 Å². The van der Waals surface area contributed by atoms with Gasteiger partial charge in [0.05, 0.1) is 17.1 Å². The fourth-order valence-corrected chi connectivity index (χ4v) is 15.4. The van der Waals surface area contributed by atoms with Crippen LogP contribution >= 0.6 is 0 Å². The molecule has 0 bridgehead atoms. The third-order valence-electron chi connectivity index (χ3n) is 17.0. The molecule has 1 aromatic rings. The lowest BCUT2D eigenvalue weighted by Gasteiger charge is -2.72. The van der Waals surface area contributed by atoms with Crippen molar-refractivity contribution in [2.24, 2.45) is 56.7 Å². The van der Waals surface area contributed by atoms with E-state index in [2.05, 4.69) is 69.7 Å². The second-order valence-electron chi connectivity index (χ2n) is 19.6. The predicted octanol–water partition coefficient (Wildman–Crippen LogP) is 8.07. The molecule has 9 atom stereocenters. The zero-order valence-electron chi connectivity index (χ0n) is 33.2.